The van der Waals surface area contributed by atoms with Gasteiger partial charge < -0.3 is 9.15 Å². The van der Waals surface area contributed by atoms with Gasteiger partial charge in [0.05, 0.1) is 12.0 Å². The van der Waals surface area contributed by atoms with Crippen molar-refractivity contribution >= 4 is 10.0 Å². The Labute approximate surface area is 159 Å². The molecule has 0 unspecified atom stereocenters. The Morgan fingerprint density at radius 1 is 1.11 bits per heavy atom. The number of hydrogen-bond donors (Lipinski definition) is 1. The monoisotopic (exact) mass is 386 g/mol. The zero-order chi connectivity index (χ0) is 19.4. The van der Waals surface area contributed by atoms with Gasteiger partial charge in [0.25, 0.3) is 0 Å². The number of methoxy groups -OCH3 is 1. The largest absolute Gasteiger partial charge is 0.497 e. The fraction of sp³-hybridized carbons (Fsp3) is 0.250. The van der Waals surface area contributed by atoms with E-state index in [9.17, 15) is 8.42 Å². The summed E-state index contributed by atoms with van der Waals surface area (Å²) in [4.78, 5) is 4.54. The number of aryl methyl sites for hydroxylation is 2. The minimum Gasteiger partial charge on any atom is -0.497 e. The molecule has 2 aromatic carbocycles. The maximum Gasteiger partial charge on any atom is 0.240 e. The lowest BCUT2D eigenvalue weighted by Crippen LogP contribution is -2.26. The quantitative estimate of drug-likeness (QED) is 0.672. The molecule has 3 aromatic rings. The Bertz CT molecular complexity index is 1020. The molecule has 142 valence electrons. The number of nitrogens with one attached hydrogen (secondary N) is 1. The van der Waals surface area contributed by atoms with Crippen molar-refractivity contribution in [2.24, 2.45) is 0 Å². The van der Waals surface area contributed by atoms with E-state index in [4.69, 9.17) is 9.15 Å². The molecular weight excluding hydrogens is 364 g/mol. The maximum absolute atomic E-state index is 12.5. The summed E-state index contributed by atoms with van der Waals surface area (Å²) in [6, 6.07) is 14.2. The molecular formula is C20H22N2O4S. The van der Waals surface area contributed by atoms with Crippen LogP contribution in [0, 0.1) is 13.8 Å². The fourth-order valence-electron chi connectivity index (χ4n) is 2.83. The van der Waals surface area contributed by atoms with Gasteiger partial charge in [0.15, 0.2) is 5.89 Å². The third-order valence-corrected chi connectivity index (χ3v) is 5.66. The summed E-state index contributed by atoms with van der Waals surface area (Å²) in [6.07, 6.45) is 0.575. The number of benzene rings is 2. The predicted molar refractivity (Wildman–Crippen MR) is 103 cm³/mol. The molecule has 0 saturated carbocycles. The number of ether oxygens (including phenoxy) is 1. The molecule has 7 heteroatoms. The van der Waals surface area contributed by atoms with Gasteiger partial charge in [0, 0.05) is 19.0 Å². The first-order chi connectivity index (χ1) is 12.9. The zero-order valence-electron chi connectivity index (χ0n) is 15.5. The smallest absolute Gasteiger partial charge is 0.240 e. The molecule has 1 N–H and O–H groups in total. The van der Waals surface area contributed by atoms with Crippen molar-refractivity contribution in [1.82, 2.24) is 9.71 Å². The third-order valence-electron chi connectivity index (χ3n) is 4.18. The van der Waals surface area contributed by atoms with Gasteiger partial charge in [-0.1, -0.05) is 24.3 Å². The Balaban J connectivity index is 1.66. The van der Waals surface area contributed by atoms with E-state index in [1.807, 2.05) is 31.2 Å². The predicted octanol–water partition coefficient (Wildman–Crippen LogP) is 3.49. The van der Waals surface area contributed by atoms with Gasteiger partial charge in [0.2, 0.25) is 10.0 Å². The first kappa shape index (κ1) is 19.1. The molecule has 0 radical (unpaired) electrons. The van der Waals surface area contributed by atoms with Crippen LogP contribution >= 0.6 is 0 Å². The van der Waals surface area contributed by atoms with Crippen LogP contribution in [0.25, 0.3) is 11.3 Å². The highest BCUT2D eigenvalue weighted by molar-refractivity contribution is 7.89. The standard InChI is InChI=1S/C20H22N2O4S/c1-14-20(22-15(2)26-14)17-7-9-19(10-8-17)27(23,24)21-12-11-16-5-4-6-18(13-16)25-3/h4-10,13,21H,11-12H2,1-3H3. The number of rotatable bonds is 7. The Morgan fingerprint density at radius 2 is 1.85 bits per heavy atom. The maximum atomic E-state index is 12.5. The topological polar surface area (TPSA) is 81.4 Å². The summed E-state index contributed by atoms with van der Waals surface area (Å²) in [5.41, 5.74) is 2.55. The summed E-state index contributed by atoms with van der Waals surface area (Å²) in [7, 11) is -1.97. The second-order valence-corrected chi connectivity index (χ2v) is 7.93. The van der Waals surface area contributed by atoms with E-state index in [-0.39, 0.29) is 4.90 Å². The molecule has 0 aliphatic heterocycles. The fourth-order valence-corrected chi connectivity index (χ4v) is 3.86. The normalized spacial score (nSPS) is 11.5. The minimum atomic E-state index is -3.58. The van der Waals surface area contributed by atoms with Crippen LogP contribution in [0.15, 0.2) is 57.8 Å². The Morgan fingerprint density at radius 3 is 2.48 bits per heavy atom. The minimum absolute atomic E-state index is 0.217. The van der Waals surface area contributed by atoms with E-state index >= 15 is 0 Å². The van der Waals surface area contributed by atoms with Crippen molar-refractivity contribution in [1.29, 1.82) is 0 Å². The Hall–Kier alpha value is -2.64. The van der Waals surface area contributed by atoms with E-state index < -0.39 is 10.0 Å². The van der Waals surface area contributed by atoms with Gasteiger partial charge in [-0.15, -0.1) is 0 Å². The zero-order valence-corrected chi connectivity index (χ0v) is 16.3. The van der Waals surface area contributed by atoms with Crippen molar-refractivity contribution in [2.75, 3.05) is 13.7 Å². The van der Waals surface area contributed by atoms with E-state index in [0.29, 0.717) is 24.6 Å². The van der Waals surface area contributed by atoms with Crippen LogP contribution in [0.5, 0.6) is 5.75 Å². The molecule has 1 aromatic heterocycles. The lowest BCUT2D eigenvalue weighted by atomic mass is 10.1. The van der Waals surface area contributed by atoms with Gasteiger partial charge in [-0.25, -0.2) is 18.1 Å². The molecule has 27 heavy (non-hydrogen) atoms. The van der Waals surface area contributed by atoms with Gasteiger partial charge in [-0.2, -0.15) is 0 Å². The summed E-state index contributed by atoms with van der Waals surface area (Å²) in [5.74, 6) is 2.04. The summed E-state index contributed by atoms with van der Waals surface area (Å²) in [6.45, 7) is 3.92. The second-order valence-electron chi connectivity index (χ2n) is 6.16. The first-order valence-corrected chi connectivity index (χ1v) is 10.0. The van der Waals surface area contributed by atoms with E-state index in [1.165, 1.54) is 0 Å². The van der Waals surface area contributed by atoms with Crippen molar-refractivity contribution in [2.45, 2.75) is 25.2 Å². The molecule has 0 aliphatic carbocycles. The number of oxazole rings is 1. The highest BCUT2D eigenvalue weighted by Gasteiger charge is 2.15. The van der Waals surface area contributed by atoms with Crippen LogP contribution < -0.4 is 9.46 Å². The third kappa shape index (κ3) is 4.56. The van der Waals surface area contributed by atoms with Crippen LogP contribution in [0.3, 0.4) is 0 Å². The van der Waals surface area contributed by atoms with Gasteiger partial charge in [-0.3, -0.25) is 0 Å². The SMILES string of the molecule is COc1cccc(CCNS(=O)(=O)c2ccc(-c3nc(C)oc3C)cc2)c1. The lowest BCUT2D eigenvalue weighted by molar-refractivity contribution is 0.414. The van der Waals surface area contributed by atoms with Crippen LogP contribution in [-0.2, 0) is 16.4 Å². The van der Waals surface area contributed by atoms with Crippen LogP contribution in [0.2, 0.25) is 0 Å². The number of aromatic nitrogens is 1. The van der Waals surface area contributed by atoms with Crippen LogP contribution in [0.1, 0.15) is 17.2 Å². The van der Waals surface area contributed by atoms with Crippen molar-refractivity contribution in [3.63, 3.8) is 0 Å². The average molecular weight is 386 g/mol. The van der Waals surface area contributed by atoms with E-state index in [1.54, 1.807) is 38.3 Å². The van der Waals surface area contributed by atoms with Crippen LogP contribution in [-0.4, -0.2) is 27.1 Å². The number of nitrogens with zero attached hydrogens (tertiary/aromatic N) is 1. The lowest BCUT2D eigenvalue weighted by Gasteiger charge is -2.08. The van der Waals surface area contributed by atoms with Crippen molar-refractivity contribution in [3.8, 4) is 17.0 Å². The number of sulfonamides is 1. The van der Waals surface area contributed by atoms with Gasteiger partial charge in [-0.05, 0) is 43.2 Å². The van der Waals surface area contributed by atoms with Crippen molar-refractivity contribution in [3.05, 3.63) is 65.7 Å². The molecule has 3 rings (SSSR count). The molecule has 0 spiro atoms. The molecule has 0 amide bonds. The van der Waals surface area contributed by atoms with E-state index in [0.717, 1.165) is 22.6 Å². The average Bonchev–Trinajstić information content (AvgIpc) is 3.00. The van der Waals surface area contributed by atoms with Crippen LogP contribution in [0.4, 0.5) is 0 Å². The summed E-state index contributed by atoms with van der Waals surface area (Å²) < 4.78 is 38.2. The molecule has 0 atom stereocenters. The van der Waals surface area contributed by atoms with Crippen molar-refractivity contribution < 1.29 is 17.6 Å². The number of hydrogen-bond acceptors (Lipinski definition) is 5. The highest BCUT2D eigenvalue weighted by atomic mass is 32.2. The highest BCUT2D eigenvalue weighted by Crippen LogP contribution is 2.24. The summed E-state index contributed by atoms with van der Waals surface area (Å²) >= 11 is 0. The second kappa shape index (κ2) is 7.94. The van der Waals surface area contributed by atoms with Gasteiger partial charge in [0.1, 0.15) is 17.2 Å². The van der Waals surface area contributed by atoms with Gasteiger partial charge >= 0.3 is 0 Å². The first-order valence-electron chi connectivity index (χ1n) is 8.56. The Kier molecular flexibility index (Phi) is 5.62. The molecule has 6 nitrogen and oxygen atoms in total. The molecule has 0 bridgehead atoms. The molecule has 0 fully saturated rings. The molecule has 0 saturated heterocycles. The molecule has 1 heterocycles. The summed E-state index contributed by atoms with van der Waals surface area (Å²) in [5, 5.41) is 0. The molecule has 0 aliphatic rings. The van der Waals surface area contributed by atoms with E-state index in [2.05, 4.69) is 9.71 Å².